The first-order valence-electron chi connectivity index (χ1n) is 5.62. The van der Waals surface area contributed by atoms with Crippen LogP contribution in [0.5, 0.6) is 0 Å². The summed E-state index contributed by atoms with van der Waals surface area (Å²) in [6, 6.07) is 8.67. The molecule has 0 aliphatic carbocycles. The molecule has 96 valence electrons. The van der Waals surface area contributed by atoms with Crippen molar-refractivity contribution in [2.45, 2.75) is 6.54 Å². The minimum Gasteiger partial charge on any atom is -0.378 e. The van der Waals surface area contributed by atoms with E-state index in [4.69, 9.17) is 0 Å². The number of anilines is 1. The first-order valence-corrected chi connectivity index (χ1v) is 6.50. The van der Waals surface area contributed by atoms with E-state index < -0.39 is 0 Å². The van der Waals surface area contributed by atoms with Gasteiger partial charge in [0, 0.05) is 11.4 Å². The summed E-state index contributed by atoms with van der Waals surface area (Å²) in [5.41, 5.74) is 1.14. The molecule has 7 heteroatoms. The third kappa shape index (κ3) is 2.60. The molecule has 0 saturated heterocycles. The van der Waals surface area contributed by atoms with Gasteiger partial charge in [0.2, 0.25) is 0 Å². The van der Waals surface area contributed by atoms with Crippen LogP contribution in [-0.2, 0) is 6.54 Å². The van der Waals surface area contributed by atoms with Crippen molar-refractivity contribution in [3.8, 4) is 5.69 Å². The normalized spacial score (nSPS) is 10.6. The van der Waals surface area contributed by atoms with Crippen molar-refractivity contribution in [2.75, 3.05) is 5.32 Å². The molecule has 1 N–H and O–H groups in total. The van der Waals surface area contributed by atoms with E-state index in [0.29, 0.717) is 17.9 Å². The summed E-state index contributed by atoms with van der Waals surface area (Å²) in [6.45, 7) is 0.591. The molecule has 2 aromatic heterocycles. The zero-order chi connectivity index (χ0) is 13.1. The van der Waals surface area contributed by atoms with Crippen LogP contribution in [0.1, 0.15) is 4.88 Å². The number of hydrogen-bond donors (Lipinski definition) is 1. The number of thiophene rings is 1. The van der Waals surface area contributed by atoms with E-state index in [-0.39, 0.29) is 5.82 Å². The quantitative estimate of drug-likeness (QED) is 0.794. The van der Waals surface area contributed by atoms with Crippen LogP contribution < -0.4 is 5.32 Å². The van der Waals surface area contributed by atoms with Gasteiger partial charge in [0.25, 0.3) is 0 Å². The molecule has 0 amide bonds. The Balaban J connectivity index is 1.82. The molecule has 0 aliphatic rings. The lowest BCUT2D eigenvalue weighted by atomic mass is 10.2. The van der Waals surface area contributed by atoms with Crippen molar-refractivity contribution in [3.63, 3.8) is 0 Å². The Hall–Kier alpha value is -2.28. The maximum absolute atomic E-state index is 13.7. The van der Waals surface area contributed by atoms with E-state index in [1.165, 1.54) is 17.1 Å². The number of rotatable bonds is 4. The minimum atomic E-state index is -0.298. The van der Waals surface area contributed by atoms with Crippen molar-refractivity contribution in [3.05, 3.63) is 52.7 Å². The highest BCUT2D eigenvalue weighted by Crippen LogP contribution is 2.20. The zero-order valence-corrected chi connectivity index (χ0v) is 10.6. The van der Waals surface area contributed by atoms with E-state index in [0.717, 1.165) is 4.88 Å². The molecule has 0 bridgehead atoms. The highest BCUT2D eigenvalue weighted by Gasteiger charge is 2.06. The number of tetrazole rings is 1. The van der Waals surface area contributed by atoms with Crippen LogP contribution >= 0.6 is 11.3 Å². The van der Waals surface area contributed by atoms with Gasteiger partial charge in [-0.15, -0.1) is 16.4 Å². The summed E-state index contributed by atoms with van der Waals surface area (Å²) < 4.78 is 15.2. The molecule has 3 rings (SSSR count). The molecule has 0 aliphatic heterocycles. The maximum Gasteiger partial charge on any atom is 0.146 e. The van der Waals surface area contributed by atoms with Crippen LogP contribution in [0.3, 0.4) is 0 Å². The molecular weight excluding hydrogens is 265 g/mol. The molecule has 0 saturated carbocycles. The fraction of sp³-hybridized carbons (Fsp3) is 0.0833. The summed E-state index contributed by atoms with van der Waals surface area (Å²) in [5.74, 6) is -0.298. The second-order valence-electron chi connectivity index (χ2n) is 3.85. The number of aromatic nitrogens is 4. The van der Waals surface area contributed by atoms with E-state index in [9.17, 15) is 4.39 Å². The molecule has 0 unspecified atom stereocenters. The van der Waals surface area contributed by atoms with Gasteiger partial charge in [0.1, 0.15) is 12.1 Å². The smallest absolute Gasteiger partial charge is 0.146 e. The van der Waals surface area contributed by atoms with Gasteiger partial charge in [-0.05, 0) is 40.1 Å². The van der Waals surface area contributed by atoms with Crippen molar-refractivity contribution in [1.82, 2.24) is 20.2 Å². The Morgan fingerprint density at radius 1 is 1.32 bits per heavy atom. The number of nitrogens with zero attached hydrogens (tertiary/aromatic N) is 4. The van der Waals surface area contributed by atoms with E-state index in [1.54, 1.807) is 23.5 Å². The molecular formula is C12H10FN5S. The first-order chi connectivity index (χ1) is 9.33. The van der Waals surface area contributed by atoms with E-state index >= 15 is 0 Å². The number of benzene rings is 1. The molecule has 0 spiro atoms. The summed E-state index contributed by atoms with van der Waals surface area (Å²) in [7, 11) is 0. The van der Waals surface area contributed by atoms with Gasteiger partial charge in [-0.3, -0.25) is 0 Å². The summed E-state index contributed by atoms with van der Waals surface area (Å²) in [6.07, 6.45) is 1.47. The molecule has 0 atom stereocenters. The van der Waals surface area contributed by atoms with Crippen LogP contribution in [0, 0.1) is 5.82 Å². The highest BCUT2D eigenvalue weighted by molar-refractivity contribution is 7.09. The topological polar surface area (TPSA) is 55.6 Å². The molecule has 2 heterocycles. The highest BCUT2D eigenvalue weighted by atomic mass is 32.1. The standard InChI is InChI=1S/C12H10FN5S/c13-11-4-3-9(18-8-15-16-17-18)6-12(11)14-7-10-2-1-5-19-10/h1-6,8,14H,7H2. The fourth-order valence-corrected chi connectivity index (χ4v) is 2.31. The third-order valence-corrected chi connectivity index (χ3v) is 3.47. The lowest BCUT2D eigenvalue weighted by molar-refractivity contribution is 0.629. The van der Waals surface area contributed by atoms with Crippen molar-refractivity contribution >= 4 is 17.0 Å². The second kappa shape index (κ2) is 5.15. The molecule has 5 nitrogen and oxygen atoms in total. The molecule has 3 aromatic rings. The Bertz CT molecular complexity index is 651. The van der Waals surface area contributed by atoms with Crippen molar-refractivity contribution in [2.24, 2.45) is 0 Å². The van der Waals surface area contributed by atoms with Gasteiger partial charge >= 0.3 is 0 Å². The molecule has 1 aromatic carbocycles. The van der Waals surface area contributed by atoms with Crippen LogP contribution in [0.15, 0.2) is 42.0 Å². The SMILES string of the molecule is Fc1ccc(-n2cnnn2)cc1NCc1cccs1. The Kier molecular flexibility index (Phi) is 3.20. The average molecular weight is 275 g/mol. The van der Waals surface area contributed by atoms with Crippen molar-refractivity contribution < 1.29 is 4.39 Å². The Morgan fingerprint density at radius 2 is 2.26 bits per heavy atom. The Labute approximate surface area is 112 Å². The van der Waals surface area contributed by atoms with Gasteiger partial charge in [-0.1, -0.05) is 6.07 Å². The van der Waals surface area contributed by atoms with Crippen LogP contribution in [0.4, 0.5) is 10.1 Å². The number of halogens is 1. The van der Waals surface area contributed by atoms with Crippen molar-refractivity contribution in [1.29, 1.82) is 0 Å². The third-order valence-electron chi connectivity index (χ3n) is 2.60. The monoisotopic (exact) mass is 275 g/mol. The first kappa shape index (κ1) is 11.8. The number of hydrogen-bond acceptors (Lipinski definition) is 5. The van der Waals surface area contributed by atoms with Gasteiger partial charge < -0.3 is 5.32 Å². The fourth-order valence-electron chi connectivity index (χ4n) is 1.67. The Morgan fingerprint density at radius 3 is 3.00 bits per heavy atom. The van der Waals surface area contributed by atoms with E-state index in [1.807, 2.05) is 17.5 Å². The summed E-state index contributed by atoms with van der Waals surface area (Å²) in [5, 5.41) is 16.0. The molecule has 19 heavy (non-hydrogen) atoms. The lowest BCUT2D eigenvalue weighted by Crippen LogP contribution is -2.02. The van der Waals surface area contributed by atoms with Gasteiger partial charge in [0.15, 0.2) is 0 Å². The second-order valence-corrected chi connectivity index (χ2v) is 4.88. The van der Waals surface area contributed by atoms with Crippen LogP contribution in [0.25, 0.3) is 5.69 Å². The van der Waals surface area contributed by atoms with Crippen LogP contribution in [-0.4, -0.2) is 20.2 Å². The molecule has 0 fully saturated rings. The number of nitrogens with one attached hydrogen (secondary N) is 1. The van der Waals surface area contributed by atoms with Gasteiger partial charge in [-0.25, -0.2) is 9.07 Å². The predicted octanol–water partition coefficient (Wildman–Crippen LogP) is 2.48. The average Bonchev–Trinajstić information content (AvgIpc) is 3.11. The van der Waals surface area contributed by atoms with Gasteiger partial charge in [-0.2, -0.15) is 0 Å². The summed E-state index contributed by atoms with van der Waals surface area (Å²) in [4.78, 5) is 1.15. The van der Waals surface area contributed by atoms with Gasteiger partial charge in [0.05, 0.1) is 11.4 Å². The lowest BCUT2D eigenvalue weighted by Gasteiger charge is -2.08. The maximum atomic E-state index is 13.7. The summed E-state index contributed by atoms with van der Waals surface area (Å²) >= 11 is 1.63. The predicted molar refractivity (Wildman–Crippen MR) is 70.8 cm³/mol. The van der Waals surface area contributed by atoms with E-state index in [2.05, 4.69) is 20.8 Å². The largest absolute Gasteiger partial charge is 0.378 e. The molecule has 0 radical (unpaired) electrons. The minimum absolute atomic E-state index is 0.298. The van der Waals surface area contributed by atoms with Crippen LogP contribution in [0.2, 0.25) is 0 Å². The zero-order valence-electron chi connectivity index (χ0n) is 9.82.